The van der Waals surface area contributed by atoms with Crippen LogP contribution in [0, 0.1) is 11.3 Å². The molecule has 0 spiro atoms. The molecule has 0 aliphatic carbocycles. The van der Waals surface area contributed by atoms with Crippen molar-refractivity contribution in [1.82, 2.24) is 5.32 Å². The van der Waals surface area contributed by atoms with Crippen LogP contribution in [0.25, 0.3) is 0 Å². The van der Waals surface area contributed by atoms with Gasteiger partial charge in [0.25, 0.3) is 5.91 Å². The number of carboxylic acids is 1. The fraction of sp³-hybridized carbons (Fsp3) is 0.467. The first kappa shape index (κ1) is 17.5. The minimum absolute atomic E-state index is 0.0900. The number of carboxylic acid groups (broad SMARTS) is 1. The Morgan fingerprint density at radius 2 is 2.00 bits per heavy atom. The number of benzene rings is 1. The van der Waals surface area contributed by atoms with Crippen molar-refractivity contribution in [2.45, 2.75) is 27.2 Å². The number of aliphatic carboxylic acids is 1. The minimum Gasteiger partial charge on any atom is -0.481 e. The van der Waals surface area contributed by atoms with Crippen LogP contribution in [-0.4, -0.2) is 23.5 Å². The van der Waals surface area contributed by atoms with Gasteiger partial charge in [-0.15, -0.1) is 0 Å². The van der Waals surface area contributed by atoms with E-state index in [4.69, 9.17) is 5.73 Å². The van der Waals surface area contributed by atoms with E-state index < -0.39 is 11.9 Å². The number of halogens is 1. The van der Waals surface area contributed by atoms with E-state index in [9.17, 15) is 14.7 Å². The molecule has 0 fully saturated rings. The topological polar surface area (TPSA) is 92.4 Å². The Balaban J connectivity index is 2.74. The van der Waals surface area contributed by atoms with Crippen molar-refractivity contribution in [3.63, 3.8) is 0 Å². The standard InChI is InChI=1S/C15H21BrN2O3/c1-15(2,3)7-9(14(20)21)8-18-13(19)11-6-10(17)4-5-12(11)16/h4-6,9H,7-8,17H2,1-3H3,(H,18,19)(H,20,21). The van der Waals surface area contributed by atoms with Gasteiger partial charge < -0.3 is 16.2 Å². The highest BCUT2D eigenvalue weighted by atomic mass is 79.9. The number of hydrogen-bond donors (Lipinski definition) is 3. The SMILES string of the molecule is CC(C)(C)CC(CNC(=O)c1cc(N)ccc1Br)C(=O)O. The molecule has 0 radical (unpaired) electrons. The molecule has 4 N–H and O–H groups in total. The van der Waals surface area contributed by atoms with Gasteiger partial charge in [-0.2, -0.15) is 0 Å². The lowest BCUT2D eigenvalue weighted by Gasteiger charge is -2.23. The van der Waals surface area contributed by atoms with Gasteiger partial charge in [0, 0.05) is 16.7 Å². The van der Waals surface area contributed by atoms with E-state index in [1.165, 1.54) is 0 Å². The Bertz CT molecular complexity index is 538. The second kappa shape index (κ2) is 6.93. The minimum atomic E-state index is -0.906. The first-order valence-electron chi connectivity index (χ1n) is 6.66. The molecular weight excluding hydrogens is 336 g/mol. The van der Waals surface area contributed by atoms with Gasteiger partial charge in [0.05, 0.1) is 11.5 Å². The lowest BCUT2D eigenvalue weighted by Crippen LogP contribution is -2.35. The molecule has 1 rings (SSSR count). The van der Waals surface area contributed by atoms with Crippen molar-refractivity contribution >= 4 is 33.5 Å². The number of amides is 1. The van der Waals surface area contributed by atoms with Crippen LogP contribution in [0.4, 0.5) is 5.69 Å². The predicted molar refractivity (Wildman–Crippen MR) is 86.1 cm³/mol. The van der Waals surface area contributed by atoms with Crippen molar-refractivity contribution in [2.75, 3.05) is 12.3 Å². The van der Waals surface area contributed by atoms with Gasteiger partial charge in [-0.1, -0.05) is 20.8 Å². The van der Waals surface area contributed by atoms with Crippen molar-refractivity contribution < 1.29 is 14.7 Å². The lowest BCUT2D eigenvalue weighted by atomic mass is 9.84. The monoisotopic (exact) mass is 356 g/mol. The zero-order valence-corrected chi connectivity index (χ0v) is 14.0. The smallest absolute Gasteiger partial charge is 0.308 e. The fourth-order valence-electron chi connectivity index (χ4n) is 2.01. The van der Waals surface area contributed by atoms with E-state index >= 15 is 0 Å². The molecule has 5 nitrogen and oxygen atoms in total. The first-order valence-corrected chi connectivity index (χ1v) is 7.45. The first-order chi connectivity index (χ1) is 9.60. The number of nitrogen functional groups attached to an aromatic ring is 1. The number of carbonyl (C=O) groups is 2. The molecule has 0 aliphatic rings. The maximum atomic E-state index is 12.1. The van der Waals surface area contributed by atoms with Gasteiger partial charge in [-0.3, -0.25) is 9.59 Å². The maximum Gasteiger partial charge on any atom is 0.308 e. The Labute approximate surface area is 133 Å². The van der Waals surface area contributed by atoms with Crippen molar-refractivity contribution in [3.8, 4) is 0 Å². The van der Waals surface area contributed by atoms with Crippen molar-refractivity contribution in [2.24, 2.45) is 11.3 Å². The highest BCUT2D eigenvalue weighted by Gasteiger charge is 2.25. The summed E-state index contributed by atoms with van der Waals surface area (Å²) in [4.78, 5) is 23.4. The van der Waals surface area contributed by atoms with E-state index in [2.05, 4.69) is 21.2 Å². The van der Waals surface area contributed by atoms with Gasteiger partial charge in [-0.25, -0.2) is 0 Å². The van der Waals surface area contributed by atoms with Crippen LogP contribution in [0.1, 0.15) is 37.6 Å². The summed E-state index contributed by atoms with van der Waals surface area (Å²) in [5.41, 5.74) is 6.42. The molecule has 0 aliphatic heterocycles. The normalized spacial score (nSPS) is 12.8. The van der Waals surface area contributed by atoms with Crippen molar-refractivity contribution in [3.05, 3.63) is 28.2 Å². The van der Waals surface area contributed by atoms with Gasteiger partial charge >= 0.3 is 5.97 Å². The molecule has 116 valence electrons. The molecular formula is C15H21BrN2O3. The third kappa shape index (κ3) is 5.75. The van der Waals surface area contributed by atoms with Crippen LogP contribution in [0.2, 0.25) is 0 Å². The van der Waals surface area contributed by atoms with E-state index in [1.807, 2.05) is 20.8 Å². The molecule has 21 heavy (non-hydrogen) atoms. The second-order valence-corrected chi connectivity index (χ2v) is 7.10. The van der Waals surface area contributed by atoms with Crippen LogP contribution in [0.15, 0.2) is 22.7 Å². The summed E-state index contributed by atoms with van der Waals surface area (Å²) in [7, 11) is 0. The molecule has 1 aromatic rings. The van der Waals surface area contributed by atoms with Gasteiger partial charge in [0.1, 0.15) is 0 Å². The number of nitrogens with one attached hydrogen (secondary N) is 1. The van der Waals surface area contributed by atoms with Crippen LogP contribution in [0.5, 0.6) is 0 Å². The number of nitrogens with two attached hydrogens (primary N) is 1. The summed E-state index contributed by atoms with van der Waals surface area (Å²) in [6.45, 7) is 6.00. The van der Waals surface area contributed by atoms with Crippen LogP contribution in [0.3, 0.4) is 0 Å². The van der Waals surface area contributed by atoms with Crippen LogP contribution < -0.4 is 11.1 Å². The molecule has 6 heteroatoms. The second-order valence-electron chi connectivity index (χ2n) is 6.25. The molecule has 0 saturated carbocycles. The molecule has 0 heterocycles. The Hall–Kier alpha value is -1.56. The number of hydrogen-bond acceptors (Lipinski definition) is 3. The fourth-order valence-corrected chi connectivity index (χ4v) is 2.44. The molecule has 0 saturated heterocycles. The average molecular weight is 357 g/mol. The zero-order valence-electron chi connectivity index (χ0n) is 12.4. The molecule has 1 amide bonds. The largest absolute Gasteiger partial charge is 0.481 e. The highest BCUT2D eigenvalue weighted by molar-refractivity contribution is 9.10. The Kier molecular flexibility index (Phi) is 5.78. The third-order valence-corrected chi connectivity index (χ3v) is 3.64. The number of carbonyl (C=O) groups excluding carboxylic acids is 1. The van der Waals surface area contributed by atoms with E-state index in [0.717, 1.165) is 0 Å². The molecule has 1 atom stereocenters. The summed E-state index contributed by atoms with van der Waals surface area (Å²) in [6.07, 6.45) is 0.487. The predicted octanol–water partition coefficient (Wildman–Crippen LogP) is 2.90. The summed E-state index contributed by atoms with van der Waals surface area (Å²) < 4.78 is 0.622. The molecule has 1 aromatic carbocycles. The molecule has 0 bridgehead atoms. The van der Waals surface area contributed by atoms with Crippen LogP contribution >= 0.6 is 15.9 Å². The zero-order chi connectivity index (χ0) is 16.2. The number of rotatable bonds is 5. The summed E-state index contributed by atoms with van der Waals surface area (Å²) >= 11 is 3.28. The molecule has 0 aromatic heterocycles. The summed E-state index contributed by atoms with van der Waals surface area (Å²) in [5, 5.41) is 11.9. The summed E-state index contributed by atoms with van der Waals surface area (Å²) in [5.74, 6) is -1.86. The van der Waals surface area contributed by atoms with Crippen molar-refractivity contribution in [1.29, 1.82) is 0 Å². The quantitative estimate of drug-likeness (QED) is 0.707. The molecule has 1 unspecified atom stereocenters. The van der Waals surface area contributed by atoms with Gasteiger partial charge in [-0.05, 0) is 46.0 Å². The van der Waals surface area contributed by atoms with Gasteiger partial charge in [0.15, 0.2) is 0 Å². The Morgan fingerprint density at radius 1 is 1.38 bits per heavy atom. The lowest BCUT2D eigenvalue weighted by molar-refractivity contribution is -0.142. The average Bonchev–Trinajstić information content (AvgIpc) is 2.35. The number of anilines is 1. The van der Waals surface area contributed by atoms with Gasteiger partial charge in [0.2, 0.25) is 0 Å². The van der Waals surface area contributed by atoms with E-state index in [0.29, 0.717) is 22.1 Å². The van der Waals surface area contributed by atoms with E-state index in [1.54, 1.807) is 18.2 Å². The van der Waals surface area contributed by atoms with Crippen LogP contribution in [-0.2, 0) is 4.79 Å². The summed E-state index contributed by atoms with van der Waals surface area (Å²) in [6, 6.07) is 4.92. The maximum absolute atomic E-state index is 12.1. The third-order valence-electron chi connectivity index (χ3n) is 2.95. The van der Waals surface area contributed by atoms with E-state index in [-0.39, 0.29) is 17.9 Å². The highest BCUT2D eigenvalue weighted by Crippen LogP contribution is 2.24. The Morgan fingerprint density at radius 3 is 2.52 bits per heavy atom.